The zero-order chi connectivity index (χ0) is 11.1. The second kappa shape index (κ2) is 3.54. The topological polar surface area (TPSA) is 80.4 Å². The van der Waals surface area contributed by atoms with E-state index in [1.54, 1.807) is 0 Å². The van der Waals surface area contributed by atoms with E-state index in [0.29, 0.717) is 0 Å². The van der Waals surface area contributed by atoms with Gasteiger partial charge in [-0.2, -0.15) is 8.42 Å². The summed E-state index contributed by atoms with van der Waals surface area (Å²) in [6.07, 6.45) is 0. The summed E-state index contributed by atoms with van der Waals surface area (Å²) in [6, 6.07) is 0.758. The maximum atomic E-state index is 12.9. The van der Waals surface area contributed by atoms with Gasteiger partial charge in [-0.3, -0.25) is 4.55 Å². The van der Waals surface area contributed by atoms with Gasteiger partial charge in [-0.05, 0) is 6.07 Å². The molecule has 78 valence electrons. The van der Waals surface area contributed by atoms with Gasteiger partial charge in [-0.15, -0.1) is 0 Å². The molecule has 3 N–H and O–H groups in total. The van der Waals surface area contributed by atoms with Gasteiger partial charge >= 0.3 is 0 Å². The van der Waals surface area contributed by atoms with Crippen molar-refractivity contribution in [3.05, 3.63) is 21.9 Å². The molecule has 0 saturated carbocycles. The molecule has 0 amide bonds. The number of nitrogen functional groups attached to an aromatic ring is 1. The van der Waals surface area contributed by atoms with E-state index < -0.39 is 31.5 Å². The smallest absolute Gasteiger partial charge is 0.298 e. The van der Waals surface area contributed by atoms with E-state index in [0.717, 1.165) is 6.07 Å². The molecule has 1 aromatic carbocycles. The van der Waals surface area contributed by atoms with Gasteiger partial charge in [0.2, 0.25) is 0 Å². The van der Waals surface area contributed by atoms with E-state index >= 15 is 0 Å². The lowest BCUT2D eigenvalue weighted by Crippen LogP contribution is -2.06. The van der Waals surface area contributed by atoms with Gasteiger partial charge < -0.3 is 5.73 Å². The van der Waals surface area contributed by atoms with Crippen LogP contribution in [0.3, 0.4) is 0 Å². The minimum Gasteiger partial charge on any atom is -0.395 e. The largest absolute Gasteiger partial charge is 0.395 e. The fourth-order valence-corrected chi connectivity index (χ4v) is 2.25. The third-order valence-electron chi connectivity index (χ3n) is 1.42. The molecule has 1 rings (SSSR count). The van der Waals surface area contributed by atoms with Crippen molar-refractivity contribution in [2.24, 2.45) is 0 Å². The second-order valence-corrected chi connectivity index (χ2v) is 4.52. The molecule has 0 aromatic heterocycles. The van der Waals surface area contributed by atoms with E-state index in [1.165, 1.54) is 0 Å². The van der Waals surface area contributed by atoms with Crippen molar-refractivity contribution in [3.63, 3.8) is 0 Å². The Balaban J connectivity index is 3.74. The van der Waals surface area contributed by atoms with Crippen molar-refractivity contribution in [3.8, 4) is 0 Å². The van der Waals surface area contributed by atoms with Crippen molar-refractivity contribution >= 4 is 39.0 Å². The van der Waals surface area contributed by atoms with Crippen molar-refractivity contribution in [1.82, 2.24) is 0 Å². The number of hydrogen-bond acceptors (Lipinski definition) is 3. The summed E-state index contributed by atoms with van der Waals surface area (Å²) >= 11 is 10.8. The molecule has 0 atom stereocenters. The Morgan fingerprint density at radius 1 is 1.43 bits per heavy atom. The standard InChI is InChI=1S/C6H4Cl2FNO3S/c7-2-1-3(9)5(10)6(4(2)8)14(11,12)13/h1H,10H2,(H,11,12,13). The number of rotatable bonds is 1. The zero-order valence-electron chi connectivity index (χ0n) is 6.46. The molecular formula is C6H4Cl2FNO3S. The predicted octanol–water partition coefficient (Wildman–Crippen LogP) is 1.96. The molecule has 4 nitrogen and oxygen atoms in total. The van der Waals surface area contributed by atoms with Gasteiger partial charge in [-0.25, -0.2) is 4.39 Å². The van der Waals surface area contributed by atoms with Crippen LogP contribution in [-0.4, -0.2) is 13.0 Å². The Hall–Kier alpha value is -0.560. The maximum Gasteiger partial charge on any atom is 0.298 e. The maximum absolute atomic E-state index is 12.9. The predicted molar refractivity (Wildman–Crippen MR) is 50.6 cm³/mol. The average Bonchev–Trinajstić information content (AvgIpc) is 1.98. The summed E-state index contributed by atoms with van der Waals surface area (Å²) in [6.45, 7) is 0. The van der Waals surface area contributed by atoms with Gasteiger partial charge in [0.25, 0.3) is 10.1 Å². The van der Waals surface area contributed by atoms with Crippen LogP contribution in [0.25, 0.3) is 0 Å². The highest BCUT2D eigenvalue weighted by atomic mass is 35.5. The first-order valence-electron chi connectivity index (χ1n) is 3.15. The SMILES string of the molecule is Nc1c(F)cc(Cl)c(Cl)c1S(=O)(=O)O. The van der Waals surface area contributed by atoms with Crippen molar-refractivity contribution in [2.75, 3.05) is 5.73 Å². The average molecular weight is 260 g/mol. The fourth-order valence-electron chi connectivity index (χ4n) is 0.840. The molecule has 14 heavy (non-hydrogen) atoms. The van der Waals surface area contributed by atoms with Gasteiger partial charge in [0.15, 0.2) is 0 Å². The summed E-state index contributed by atoms with van der Waals surface area (Å²) < 4.78 is 43.1. The first-order chi connectivity index (χ1) is 6.25. The minimum atomic E-state index is -4.69. The fraction of sp³-hybridized carbons (Fsp3) is 0. The lowest BCUT2D eigenvalue weighted by Gasteiger charge is -2.07. The number of nitrogens with two attached hydrogens (primary N) is 1. The lowest BCUT2D eigenvalue weighted by atomic mass is 10.3. The third-order valence-corrected chi connectivity index (χ3v) is 3.26. The molecule has 0 radical (unpaired) electrons. The summed E-state index contributed by atoms with van der Waals surface area (Å²) in [7, 11) is -4.69. The van der Waals surface area contributed by atoms with Gasteiger partial charge in [0.05, 0.1) is 15.7 Å². The molecule has 0 aliphatic heterocycles. The molecule has 0 heterocycles. The normalized spacial score (nSPS) is 11.7. The monoisotopic (exact) mass is 259 g/mol. The number of benzene rings is 1. The van der Waals surface area contributed by atoms with Crippen LogP contribution in [0, 0.1) is 5.82 Å². The molecule has 0 bridgehead atoms. The summed E-state index contributed by atoms with van der Waals surface area (Å²) in [5, 5.41) is -0.848. The molecule has 0 aliphatic carbocycles. The summed E-state index contributed by atoms with van der Waals surface area (Å²) in [5.41, 5.74) is 4.32. The quantitative estimate of drug-likeness (QED) is 0.459. The molecule has 0 spiro atoms. The van der Waals surface area contributed by atoms with E-state index in [9.17, 15) is 12.8 Å². The molecule has 0 fully saturated rings. The van der Waals surface area contributed by atoms with Crippen LogP contribution in [0.1, 0.15) is 0 Å². The first-order valence-corrected chi connectivity index (χ1v) is 5.35. The Morgan fingerprint density at radius 3 is 2.36 bits per heavy atom. The van der Waals surface area contributed by atoms with Crippen molar-refractivity contribution in [2.45, 2.75) is 4.90 Å². The first kappa shape index (κ1) is 11.5. The van der Waals surface area contributed by atoms with Gasteiger partial charge in [0, 0.05) is 0 Å². The molecule has 0 saturated heterocycles. The molecule has 8 heteroatoms. The Bertz CT molecular complexity index is 462. The molecule has 0 aliphatic rings. The summed E-state index contributed by atoms with van der Waals surface area (Å²) in [5.74, 6) is -1.06. The van der Waals surface area contributed by atoms with E-state index in [1.807, 2.05) is 0 Å². The highest BCUT2D eigenvalue weighted by Crippen LogP contribution is 2.35. The molecule has 0 unspecified atom stereocenters. The summed E-state index contributed by atoms with van der Waals surface area (Å²) in [4.78, 5) is -0.913. The van der Waals surface area contributed by atoms with Crippen LogP contribution in [0.5, 0.6) is 0 Å². The minimum absolute atomic E-state index is 0.342. The van der Waals surface area contributed by atoms with Crippen LogP contribution < -0.4 is 5.73 Å². The Kier molecular flexibility index (Phi) is 2.91. The van der Waals surface area contributed by atoms with Gasteiger partial charge in [0.1, 0.15) is 10.7 Å². The second-order valence-electron chi connectivity index (χ2n) is 2.37. The van der Waals surface area contributed by atoms with Crippen molar-refractivity contribution < 1.29 is 17.4 Å². The number of anilines is 1. The van der Waals surface area contributed by atoms with Crippen LogP contribution in [0.2, 0.25) is 10.0 Å². The lowest BCUT2D eigenvalue weighted by molar-refractivity contribution is 0.482. The van der Waals surface area contributed by atoms with E-state index in [4.69, 9.17) is 33.5 Å². The van der Waals surface area contributed by atoms with Crippen LogP contribution in [0.4, 0.5) is 10.1 Å². The third kappa shape index (κ3) is 1.93. The molecule has 1 aromatic rings. The van der Waals surface area contributed by atoms with Gasteiger partial charge in [-0.1, -0.05) is 23.2 Å². The zero-order valence-corrected chi connectivity index (χ0v) is 8.79. The Morgan fingerprint density at radius 2 is 1.93 bits per heavy atom. The van der Waals surface area contributed by atoms with E-state index in [2.05, 4.69) is 0 Å². The van der Waals surface area contributed by atoms with Crippen LogP contribution in [-0.2, 0) is 10.1 Å². The number of hydrogen-bond donors (Lipinski definition) is 2. The molecular weight excluding hydrogens is 256 g/mol. The number of halogens is 3. The van der Waals surface area contributed by atoms with Crippen LogP contribution in [0.15, 0.2) is 11.0 Å². The van der Waals surface area contributed by atoms with E-state index in [-0.39, 0.29) is 5.02 Å². The highest BCUT2D eigenvalue weighted by Gasteiger charge is 2.23. The Labute approximate surface area is 89.2 Å². The van der Waals surface area contributed by atoms with Crippen LogP contribution >= 0.6 is 23.2 Å². The van der Waals surface area contributed by atoms with Crippen molar-refractivity contribution in [1.29, 1.82) is 0 Å². The highest BCUT2D eigenvalue weighted by molar-refractivity contribution is 7.86.